The molecule has 2 aromatic rings. The molecule has 2 aromatic carbocycles. The van der Waals surface area contributed by atoms with Crippen LogP contribution < -0.4 is 10.1 Å². The van der Waals surface area contributed by atoms with Crippen molar-refractivity contribution in [3.8, 4) is 5.75 Å². The molecule has 0 radical (unpaired) electrons. The summed E-state index contributed by atoms with van der Waals surface area (Å²) in [6.45, 7) is 0.502. The van der Waals surface area contributed by atoms with E-state index in [0.717, 1.165) is 16.6 Å². The van der Waals surface area contributed by atoms with E-state index >= 15 is 0 Å². The molecule has 0 bridgehead atoms. The first-order valence-corrected chi connectivity index (χ1v) is 8.51. The van der Waals surface area contributed by atoms with E-state index in [4.69, 9.17) is 4.74 Å². The van der Waals surface area contributed by atoms with Gasteiger partial charge < -0.3 is 14.8 Å². The summed E-state index contributed by atoms with van der Waals surface area (Å²) in [5, 5.41) is 7.93. The molecule has 3 rings (SSSR count). The van der Waals surface area contributed by atoms with Gasteiger partial charge in [0.2, 0.25) is 5.90 Å². The number of hydrogen-bond acceptors (Lipinski definition) is 4. The third-order valence-electron chi connectivity index (χ3n) is 3.42. The second-order valence-electron chi connectivity index (χ2n) is 5.39. The number of halogens is 4. The highest BCUT2D eigenvalue weighted by Gasteiger charge is 2.31. The average molecular weight is 444 g/mol. The van der Waals surface area contributed by atoms with E-state index < -0.39 is 12.4 Å². The zero-order chi connectivity index (χ0) is 19.4. The Hall–Kier alpha value is -2.75. The minimum atomic E-state index is -4.77. The van der Waals surface area contributed by atoms with Crippen LogP contribution in [0.3, 0.4) is 0 Å². The van der Waals surface area contributed by atoms with Crippen LogP contribution in [0.4, 0.5) is 23.7 Å². The first kappa shape index (κ1) is 19.0. The van der Waals surface area contributed by atoms with Gasteiger partial charge in [0.05, 0.1) is 6.54 Å². The Morgan fingerprint density at radius 3 is 2.44 bits per heavy atom. The fourth-order valence-electron chi connectivity index (χ4n) is 2.23. The highest BCUT2D eigenvalue weighted by atomic mass is 79.9. The summed E-state index contributed by atoms with van der Waals surface area (Å²) < 4.78 is 46.7. The molecular weight excluding hydrogens is 431 g/mol. The van der Waals surface area contributed by atoms with Gasteiger partial charge in [-0.1, -0.05) is 15.9 Å². The molecular formula is C17H13BrF3N3O3. The summed E-state index contributed by atoms with van der Waals surface area (Å²) in [6.07, 6.45) is -4.77. The number of benzene rings is 2. The van der Waals surface area contributed by atoms with Crippen molar-refractivity contribution in [2.45, 2.75) is 6.36 Å². The van der Waals surface area contributed by atoms with E-state index in [1.807, 2.05) is 12.1 Å². The van der Waals surface area contributed by atoms with Crippen LogP contribution in [0, 0.1) is 0 Å². The monoisotopic (exact) mass is 443 g/mol. The Labute approximate surface area is 160 Å². The van der Waals surface area contributed by atoms with E-state index in [1.54, 1.807) is 12.1 Å². The molecule has 10 heteroatoms. The van der Waals surface area contributed by atoms with E-state index in [1.165, 1.54) is 17.1 Å². The number of hydrazone groups is 1. The largest absolute Gasteiger partial charge is 0.573 e. The maximum Gasteiger partial charge on any atom is 0.573 e. The zero-order valence-corrected chi connectivity index (χ0v) is 15.3. The Bertz CT molecular complexity index is 839. The van der Waals surface area contributed by atoms with Crippen molar-refractivity contribution in [3.63, 3.8) is 0 Å². The Kier molecular flexibility index (Phi) is 5.54. The molecule has 0 aromatic heterocycles. The normalized spacial score (nSPS) is 14.2. The Morgan fingerprint density at radius 1 is 1.15 bits per heavy atom. The number of alkyl halides is 3. The minimum absolute atomic E-state index is 0.237. The van der Waals surface area contributed by atoms with Gasteiger partial charge in [0.25, 0.3) is 0 Å². The van der Waals surface area contributed by atoms with Crippen molar-refractivity contribution < 1.29 is 27.4 Å². The van der Waals surface area contributed by atoms with Crippen molar-refractivity contribution in [2.24, 2.45) is 5.10 Å². The van der Waals surface area contributed by atoms with Crippen LogP contribution in [-0.4, -0.2) is 36.5 Å². The van der Waals surface area contributed by atoms with Crippen molar-refractivity contribution in [1.82, 2.24) is 5.01 Å². The third kappa shape index (κ3) is 5.36. The topological polar surface area (TPSA) is 63.2 Å². The molecule has 0 spiro atoms. The second-order valence-corrected chi connectivity index (χ2v) is 6.30. The summed E-state index contributed by atoms with van der Waals surface area (Å²) in [5.74, 6) is -0.0692. The number of carbonyl (C=O) groups excluding carboxylic acids is 1. The summed E-state index contributed by atoms with van der Waals surface area (Å²) in [6, 6.07) is 11.5. The van der Waals surface area contributed by atoms with E-state index in [-0.39, 0.29) is 18.9 Å². The van der Waals surface area contributed by atoms with Gasteiger partial charge in [0.1, 0.15) is 12.4 Å². The number of hydrogen-bond donors (Lipinski definition) is 1. The second kappa shape index (κ2) is 7.87. The van der Waals surface area contributed by atoms with Crippen LogP contribution in [0.5, 0.6) is 5.75 Å². The van der Waals surface area contributed by atoms with Crippen molar-refractivity contribution in [1.29, 1.82) is 0 Å². The molecule has 0 atom stereocenters. The minimum Gasteiger partial charge on any atom is -0.474 e. The predicted molar refractivity (Wildman–Crippen MR) is 95.5 cm³/mol. The SMILES string of the molecule is O=C(Nc1ccc(OC(F)(F)F)cc1)N1CCOC(c2ccc(Br)cc2)=N1. The number of nitrogens with one attached hydrogen (secondary N) is 1. The van der Waals surface area contributed by atoms with E-state index in [0.29, 0.717) is 17.1 Å². The van der Waals surface area contributed by atoms with Gasteiger partial charge in [-0.15, -0.1) is 18.3 Å². The molecule has 2 amide bonds. The molecule has 27 heavy (non-hydrogen) atoms. The summed E-state index contributed by atoms with van der Waals surface area (Å²) in [7, 11) is 0. The lowest BCUT2D eigenvalue weighted by molar-refractivity contribution is -0.274. The van der Waals surface area contributed by atoms with Gasteiger partial charge in [0, 0.05) is 15.7 Å². The molecule has 6 nitrogen and oxygen atoms in total. The fourth-order valence-corrected chi connectivity index (χ4v) is 2.49. The first-order valence-electron chi connectivity index (χ1n) is 7.72. The highest BCUT2D eigenvalue weighted by Crippen LogP contribution is 2.24. The number of anilines is 1. The van der Waals surface area contributed by atoms with Gasteiger partial charge in [0.15, 0.2) is 0 Å². The Balaban J connectivity index is 1.66. The lowest BCUT2D eigenvalue weighted by atomic mass is 10.2. The van der Waals surface area contributed by atoms with Crippen LogP contribution in [0.25, 0.3) is 0 Å². The number of amides is 2. The number of carbonyl (C=O) groups is 1. The standard InChI is InChI=1S/C17H13BrF3N3O3/c18-12-3-1-11(2-4-12)15-23-24(9-10-26-15)16(25)22-13-5-7-14(8-6-13)27-17(19,20)21/h1-8H,9-10H2,(H,22,25). The lowest BCUT2D eigenvalue weighted by Gasteiger charge is -2.24. The number of nitrogens with zero attached hydrogens (tertiary/aromatic N) is 2. The summed E-state index contributed by atoms with van der Waals surface area (Å²) in [5.41, 5.74) is 1.02. The van der Waals surface area contributed by atoms with Crippen LogP contribution in [0.15, 0.2) is 58.1 Å². The van der Waals surface area contributed by atoms with Crippen molar-refractivity contribution >= 4 is 33.5 Å². The Morgan fingerprint density at radius 2 is 1.81 bits per heavy atom. The first-order chi connectivity index (χ1) is 12.8. The molecule has 1 aliphatic heterocycles. The van der Waals surface area contributed by atoms with Gasteiger partial charge in [-0.25, -0.2) is 9.80 Å². The van der Waals surface area contributed by atoms with E-state index in [2.05, 4.69) is 31.1 Å². The maximum atomic E-state index is 12.3. The number of ether oxygens (including phenoxy) is 2. The van der Waals surface area contributed by atoms with Crippen molar-refractivity contribution in [3.05, 3.63) is 58.6 Å². The van der Waals surface area contributed by atoms with Crippen LogP contribution in [0.2, 0.25) is 0 Å². The van der Waals surface area contributed by atoms with Gasteiger partial charge in [-0.2, -0.15) is 0 Å². The van der Waals surface area contributed by atoms with Crippen LogP contribution in [0.1, 0.15) is 5.56 Å². The van der Waals surface area contributed by atoms with Gasteiger partial charge in [-0.05, 0) is 48.5 Å². The maximum absolute atomic E-state index is 12.3. The summed E-state index contributed by atoms with van der Waals surface area (Å²) >= 11 is 3.34. The zero-order valence-electron chi connectivity index (χ0n) is 13.7. The number of urea groups is 1. The molecule has 1 N–H and O–H groups in total. The molecule has 142 valence electrons. The third-order valence-corrected chi connectivity index (χ3v) is 3.95. The van der Waals surface area contributed by atoms with Crippen LogP contribution >= 0.6 is 15.9 Å². The molecule has 0 saturated carbocycles. The summed E-state index contributed by atoms with van der Waals surface area (Å²) in [4.78, 5) is 12.3. The molecule has 0 saturated heterocycles. The molecule has 0 aliphatic carbocycles. The van der Waals surface area contributed by atoms with Gasteiger partial charge >= 0.3 is 12.4 Å². The quantitative estimate of drug-likeness (QED) is 0.755. The van der Waals surface area contributed by atoms with Gasteiger partial charge in [-0.3, -0.25) is 0 Å². The van der Waals surface area contributed by atoms with E-state index in [9.17, 15) is 18.0 Å². The van der Waals surface area contributed by atoms with Crippen LogP contribution in [-0.2, 0) is 4.74 Å². The fraction of sp³-hybridized carbons (Fsp3) is 0.176. The molecule has 1 heterocycles. The molecule has 1 aliphatic rings. The highest BCUT2D eigenvalue weighted by molar-refractivity contribution is 9.10. The average Bonchev–Trinajstić information content (AvgIpc) is 2.63. The smallest absolute Gasteiger partial charge is 0.474 e. The predicted octanol–water partition coefficient (Wildman–Crippen LogP) is 4.57. The number of rotatable bonds is 3. The molecule has 0 fully saturated rings. The lowest BCUT2D eigenvalue weighted by Crippen LogP contribution is -2.38. The van der Waals surface area contributed by atoms with Crippen molar-refractivity contribution in [2.75, 3.05) is 18.5 Å². The molecule has 0 unspecified atom stereocenters.